The minimum Gasteiger partial charge on any atom is -0.459 e. The molecule has 3 rings (SSSR count). The molecule has 2 aromatic heterocycles. The molecule has 0 unspecified atom stereocenters. The molecule has 9 heteroatoms. The average Bonchev–Trinajstić information content (AvgIpc) is 3.26. The highest BCUT2D eigenvalue weighted by atomic mass is 32.2. The number of furan rings is 1. The van der Waals surface area contributed by atoms with Crippen molar-refractivity contribution in [1.29, 1.82) is 0 Å². The summed E-state index contributed by atoms with van der Waals surface area (Å²) < 4.78 is 34.6. The van der Waals surface area contributed by atoms with Crippen molar-refractivity contribution in [3.63, 3.8) is 0 Å². The zero-order chi connectivity index (χ0) is 18.0. The van der Waals surface area contributed by atoms with Crippen molar-refractivity contribution in [3.05, 3.63) is 48.2 Å². The van der Waals surface area contributed by atoms with Crippen molar-refractivity contribution in [1.82, 2.24) is 10.2 Å². The third-order valence-electron chi connectivity index (χ3n) is 3.44. The van der Waals surface area contributed by atoms with Gasteiger partial charge in [0, 0.05) is 5.56 Å². The van der Waals surface area contributed by atoms with Crippen molar-refractivity contribution in [2.45, 2.75) is 24.0 Å². The van der Waals surface area contributed by atoms with E-state index in [1.807, 2.05) is 0 Å². The molecule has 0 radical (unpaired) electrons. The molecule has 8 nitrogen and oxygen atoms in total. The van der Waals surface area contributed by atoms with Crippen LogP contribution in [-0.2, 0) is 9.84 Å². The fourth-order valence-electron chi connectivity index (χ4n) is 2.01. The lowest BCUT2D eigenvalue weighted by Gasteiger charge is -2.08. The van der Waals surface area contributed by atoms with Gasteiger partial charge in [0.15, 0.2) is 15.6 Å². The number of carbonyl (C=O) groups is 1. The number of nitrogens with one attached hydrogen (secondary N) is 1. The van der Waals surface area contributed by atoms with Crippen LogP contribution in [0, 0.1) is 0 Å². The Morgan fingerprint density at radius 1 is 1.12 bits per heavy atom. The maximum absolute atomic E-state index is 12.2. The van der Waals surface area contributed by atoms with Gasteiger partial charge in [-0.05, 0) is 50.2 Å². The van der Waals surface area contributed by atoms with Gasteiger partial charge in [-0.3, -0.25) is 10.1 Å². The maximum Gasteiger partial charge on any atom is 0.322 e. The second-order valence-electron chi connectivity index (χ2n) is 5.46. The quantitative estimate of drug-likeness (QED) is 0.743. The van der Waals surface area contributed by atoms with E-state index in [0.717, 1.165) is 0 Å². The first-order chi connectivity index (χ1) is 11.9. The van der Waals surface area contributed by atoms with Crippen LogP contribution in [0.15, 0.2) is 56.4 Å². The number of carbonyl (C=O) groups excluding carboxylic acids is 1. The summed E-state index contributed by atoms with van der Waals surface area (Å²) in [6.07, 6.45) is 1.46. The molecule has 0 bridgehead atoms. The summed E-state index contributed by atoms with van der Waals surface area (Å²) in [6, 6.07) is 8.87. The van der Waals surface area contributed by atoms with E-state index in [4.69, 9.17) is 8.83 Å². The number of sulfone groups is 1. The Labute approximate surface area is 143 Å². The molecule has 1 aromatic carbocycles. The number of aromatic nitrogens is 2. The molecular weight excluding hydrogens is 346 g/mol. The molecule has 0 aliphatic rings. The van der Waals surface area contributed by atoms with Gasteiger partial charge in [0.1, 0.15) is 0 Å². The number of anilines is 1. The first-order valence-electron chi connectivity index (χ1n) is 7.40. The SMILES string of the molecule is CC(C)S(=O)(=O)c1ccc(C(=O)Nc2nnc(-c3ccco3)o2)cc1. The summed E-state index contributed by atoms with van der Waals surface area (Å²) in [7, 11) is -3.38. The van der Waals surface area contributed by atoms with Crippen LogP contribution < -0.4 is 5.32 Å². The molecule has 0 fully saturated rings. The summed E-state index contributed by atoms with van der Waals surface area (Å²) in [4.78, 5) is 12.4. The van der Waals surface area contributed by atoms with Gasteiger partial charge in [-0.2, -0.15) is 0 Å². The monoisotopic (exact) mass is 361 g/mol. The van der Waals surface area contributed by atoms with Crippen LogP contribution in [0.25, 0.3) is 11.7 Å². The normalized spacial score (nSPS) is 11.6. The summed E-state index contributed by atoms with van der Waals surface area (Å²) in [5.74, 6) is 0.0260. The number of amides is 1. The highest BCUT2D eigenvalue weighted by molar-refractivity contribution is 7.92. The standard InChI is InChI=1S/C16H15N3O5S/c1-10(2)25(21,22)12-7-5-11(6-8-12)14(20)17-16-19-18-15(24-16)13-4-3-9-23-13/h3-10H,1-2H3,(H,17,19,20). The summed E-state index contributed by atoms with van der Waals surface area (Å²) in [5.41, 5.74) is 0.264. The predicted octanol–water partition coefficient (Wildman–Crippen LogP) is 2.76. The average molecular weight is 361 g/mol. The van der Waals surface area contributed by atoms with E-state index in [2.05, 4.69) is 15.5 Å². The highest BCUT2D eigenvalue weighted by Crippen LogP contribution is 2.21. The van der Waals surface area contributed by atoms with Crippen molar-refractivity contribution < 1.29 is 22.0 Å². The molecular formula is C16H15N3O5S. The molecule has 25 heavy (non-hydrogen) atoms. The molecule has 0 atom stereocenters. The third-order valence-corrected chi connectivity index (χ3v) is 5.61. The van der Waals surface area contributed by atoms with Gasteiger partial charge in [-0.25, -0.2) is 8.42 Å². The number of nitrogens with zero attached hydrogens (tertiary/aromatic N) is 2. The van der Waals surface area contributed by atoms with Crippen LogP contribution >= 0.6 is 0 Å². The molecule has 3 aromatic rings. The topological polar surface area (TPSA) is 115 Å². The van der Waals surface area contributed by atoms with Crippen LogP contribution in [0.2, 0.25) is 0 Å². The first-order valence-corrected chi connectivity index (χ1v) is 8.95. The Balaban J connectivity index is 1.74. The molecule has 0 saturated heterocycles. The molecule has 1 amide bonds. The Bertz CT molecular complexity index is 973. The third kappa shape index (κ3) is 3.45. The van der Waals surface area contributed by atoms with E-state index in [-0.39, 0.29) is 22.4 Å². The van der Waals surface area contributed by atoms with Crippen molar-refractivity contribution >= 4 is 21.8 Å². The Morgan fingerprint density at radius 2 is 1.84 bits per heavy atom. The van der Waals surface area contributed by atoms with Crippen LogP contribution in [0.1, 0.15) is 24.2 Å². The maximum atomic E-state index is 12.2. The lowest BCUT2D eigenvalue weighted by molar-refractivity contribution is 0.102. The highest BCUT2D eigenvalue weighted by Gasteiger charge is 2.20. The molecule has 130 valence electrons. The van der Waals surface area contributed by atoms with Gasteiger partial charge in [0.05, 0.1) is 16.4 Å². The van der Waals surface area contributed by atoms with Crippen LogP contribution in [0.3, 0.4) is 0 Å². The van der Waals surface area contributed by atoms with Crippen molar-refractivity contribution in [2.75, 3.05) is 5.32 Å². The molecule has 0 saturated carbocycles. The van der Waals surface area contributed by atoms with E-state index in [1.165, 1.54) is 30.5 Å². The fourth-order valence-corrected chi connectivity index (χ4v) is 3.07. The largest absolute Gasteiger partial charge is 0.459 e. The van der Waals surface area contributed by atoms with Gasteiger partial charge >= 0.3 is 6.01 Å². The summed E-state index contributed by atoms with van der Waals surface area (Å²) >= 11 is 0. The van der Waals surface area contributed by atoms with Crippen molar-refractivity contribution in [3.8, 4) is 11.7 Å². The number of benzene rings is 1. The molecule has 1 N–H and O–H groups in total. The Hall–Kier alpha value is -2.94. The van der Waals surface area contributed by atoms with E-state index in [1.54, 1.807) is 26.0 Å². The van der Waals surface area contributed by atoms with Gasteiger partial charge < -0.3 is 8.83 Å². The van der Waals surface area contributed by atoms with Crippen molar-refractivity contribution in [2.24, 2.45) is 0 Å². The Kier molecular flexibility index (Phi) is 4.41. The lowest BCUT2D eigenvalue weighted by Crippen LogP contribution is -2.15. The predicted molar refractivity (Wildman–Crippen MR) is 88.7 cm³/mol. The van der Waals surface area contributed by atoms with E-state index >= 15 is 0 Å². The second-order valence-corrected chi connectivity index (χ2v) is 7.97. The zero-order valence-corrected chi connectivity index (χ0v) is 14.3. The minimum absolute atomic E-state index is 0.0877. The molecule has 0 aliphatic heterocycles. The number of rotatable bonds is 5. The molecule has 2 heterocycles. The number of hydrogen-bond acceptors (Lipinski definition) is 7. The zero-order valence-electron chi connectivity index (χ0n) is 13.5. The lowest BCUT2D eigenvalue weighted by atomic mass is 10.2. The molecule has 0 spiro atoms. The Morgan fingerprint density at radius 3 is 2.44 bits per heavy atom. The van der Waals surface area contributed by atoms with Gasteiger partial charge in [0.2, 0.25) is 0 Å². The first kappa shape index (κ1) is 16.9. The van der Waals surface area contributed by atoms with Crippen LogP contribution in [0.4, 0.5) is 6.01 Å². The van der Waals surface area contributed by atoms with Gasteiger partial charge in [0.25, 0.3) is 11.8 Å². The van der Waals surface area contributed by atoms with E-state index in [0.29, 0.717) is 5.76 Å². The second kappa shape index (κ2) is 6.52. The smallest absolute Gasteiger partial charge is 0.322 e. The summed E-state index contributed by atoms with van der Waals surface area (Å²) in [6.45, 7) is 3.20. The van der Waals surface area contributed by atoms with E-state index < -0.39 is 21.0 Å². The van der Waals surface area contributed by atoms with Gasteiger partial charge in [-0.15, -0.1) is 5.10 Å². The number of hydrogen-bond donors (Lipinski definition) is 1. The van der Waals surface area contributed by atoms with Gasteiger partial charge in [-0.1, -0.05) is 5.10 Å². The van der Waals surface area contributed by atoms with E-state index in [9.17, 15) is 13.2 Å². The summed E-state index contributed by atoms with van der Waals surface area (Å²) in [5, 5.41) is 9.39. The van der Waals surface area contributed by atoms with Crippen LogP contribution in [0.5, 0.6) is 0 Å². The minimum atomic E-state index is -3.38. The fraction of sp³-hybridized carbons (Fsp3) is 0.188. The molecule has 0 aliphatic carbocycles. The van der Waals surface area contributed by atoms with Crippen LogP contribution in [-0.4, -0.2) is 29.8 Å².